The summed E-state index contributed by atoms with van der Waals surface area (Å²) in [6, 6.07) is 6.60. The molecule has 0 aliphatic carbocycles. The third-order valence-corrected chi connectivity index (χ3v) is 3.69. The van der Waals surface area contributed by atoms with Gasteiger partial charge >= 0.3 is 0 Å². The van der Waals surface area contributed by atoms with Crippen LogP contribution in [-0.4, -0.2) is 14.5 Å². The second-order valence-electron chi connectivity index (χ2n) is 4.82. The van der Waals surface area contributed by atoms with Crippen LogP contribution in [0.3, 0.4) is 0 Å². The summed E-state index contributed by atoms with van der Waals surface area (Å²) in [6.07, 6.45) is 1.03. The zero-order chi connectivity index (χ0) is 13.6. The summed E-state index contributed by atoms with van der Waals surface area (Å²) in [6.45, 7) is 7.17. The van der Waals surface area contributed by atoms with Crippen molar-refractivity contribution in [3.8, 4) is 0 Å². The highest BCUT2D eigenvalue weighted by atomic mass is 15.1. The van der Waals surface area contributed by atoms with E-state index < -0.39 is 0 Å². The minimum absolute atomic E-state index is 0.346. The number of hydrogen-bond donors (Lipinski definition) is 1. The van der Waals surface area contributed by atoms with Crippen LogP contribution in [0.2, 0.25) is 0 Å². The Kier molecular flexibility index (Phi) is 2.66. The Morgan fingerprint density at radius 2 is 2.00 bits per heavy atom. The molecule has 0 saturated heterocycles. The molecule has 0 spiro atoms. The third-order valence-electron chi connectivity index (χ3n) is 3.69. The minimum atomic E-state index is 0.346. The number of anilines is 1. The molecule has 3 aromatic rings. The molecule has 2 heterocycles. The van der Waals surface area contributed by atoms with E-state index >= 15 is 0 Å². The lowest BCUT2D eigenvalue weighted by Crippen LogP contribution is -2.01. The Bertz CT molecular complexity index is 771. The molecule has 0 atom stereocenters. The molecule has 3 rings (SSSR count). The van der Waals surface area contributed by atoms with Gasteiger partial charge in [0, 0.05) is 17.3 Å². The molecule has 0 saturated carbocycles. The van der Waals surface area contributed by atoms with E-state index in [0.29, 0.717) is 5.95 Å². The van der Waals surface area contributed by atoms with Crippen LogP contribution < -0.4 is 5.73 Å². The van der Waals surface area contributed by atoms with Gasteiger partial charge < -0.3 is 10.3 Å². The van der Waals surface area contributed by atoms with Gasteiger partial charge in [-0.1, -0.05) is 13.0 Å². The SMILES string of the molecule is CCc1ccc2c(c1)c1c(C)nc(N)nc1n2CC. The first-order chi connectivity index (χ1) is 9.15. The first-order valence-electron chi connectivity index (χ1n) is 6.70. The second kappa shape index (κ2) is 4.23. The molecule has 0 amide bonds. The molecule has 2 N–H and O–H groups in total. The standard InChI is InChI=1S/C15H18N4/c1-4-10-6-7-12-11(8-10)13-9(3)17-15(16)18-14(13)19(12)5-2/h6-8H,4-5H2,1-3H3,(H2,16,17,18). The van der Waals surface area contributed by atoms with Crippen LogP contribution >= 0.6 is 0 Å². The first kappa shape index (κ1) is 12.0. The van der Waals surface area contributed by atoms with Gasteiger partial charge in [-0.05, 0) is 38.0 Å². The van der Waals surface area contributed by atoms with Gasteiger partial charge in [-0.15, -0.1) is 0 Å². The van der Waals surface area contributed by atoms with E-state index in [4.69, 9.17) is 5.73 Å². The molecule has 0 radical (unpaired) electrons. The van der Waals surface area contributed by atoms with Crippen molar-refractivity contribution in [2.45, 2.75) is 33.7 Å². The molecule has 0 fully saturated rings. The molecule has 19 heavy (non-hydrogen) atoms. The molecule has 0 bridgehead atoms. The van der Waals surface area contributed by atoms with Gasteiger partial charge in [0.25, 0.3) is 0 Å². The van der Waals surface area contributed by atoms with Gasteiger partial charge in [0.2, 0.25) is 5.95 Å². The maximum absolute atomic E-state index is 5.79. The first-order valence-corrected chi connectivity index (χ1v) is 6.70. The summed E-state index contributed by atoms with van der Waals surface area (Å²) in [5, 5.41) is 2.36. The normalized spacial score (nSPS) is 11.5. The molecule has 4 heteroatoms. The highest BCUT2D eigenvalue weighted by Gasteiger charge is 2.14. The van der Waals surface area contributed by atoms with Gasteiger partial charge in [0.1, 0.15) is 5.65 Å². The number of fused-ring (bicyclic) bond motifs is 3. The van der Waals surface area contributed by atoms with E-state index in [-0.39, 0.29) is 0 Å². The lowest BCUT2D eigenvalue weighted by molar-refractivity contribution is 0.815. The highest BCUT2D eigenvalue weighted by Crippen LogP contribution is 2.30. The predicted molar refractivity (Wildman–Crippen MR) is 79.2 cm³/mol. The van der Waals surface area contributed by atoms with Crippen molar-refractivity contribution < 1.29 is 0 Å². The topological polar surface area (TPSA) is 56.7 Å². The lowest BCUT2D eigenvalue weighted by atomic mass is 10.1. The van der Waals surface area contributed by atoms with Gasteiger partial charge in [-0.2, -0.15) is 4.98 Å². The smallest absolute Gasteiger partial charge is 0.222 e. The quantitative estimate of drug-likeness (QED) is 0.764. The van der Waals surface area contributed by atoms with E-state index in [1.165, 1.54) is 16.5 Å². The van der Waals surface area contributed by atoms with E-state index in [9.17, 15) is 0 Å². The zero-order valence-corrected chi connectivity index (χ0v) is 11.6. The van der Waals surface area contributed by atoms with E-state index in [1.807, 2.05) is 6.92 Å². The predicted octanol–water partition coefficient (Wildman–Crippen LogP) is 3.06. The van der Waals surface area contributed by atoms with Crippen LogP contribution in [0.25, 0.3) is 21.9 Å². The summed E-state index contributed by atoms with van der Waals surface area (Å²) in [4.78, 5) is 8.74. The fourth-order valence-corrected chi connectivity index (χ4v) is 2.76. The highest BCUT2D eigenvalue weighted by molar-refractivity contribution is 6.08. The number of nitrogen functional groups attached to an aromatic ring is 1. The van der Waals surface area contributed by atoms with Crippen LogP contribution in [0.15, 0.2) is 18.2 Å². The molecule has 0 unspecified atom stereocenters. The average molecular weight is 254 g/mol. The number of nitrogens with two attached hydrogens (primary N) is 1. The number of nitrogens with zero attached hydrogens (tertiary/aromatic N) is 3. The molecule has 4 nitrogen and oxygen atoms in total. The largest absolute Gasteiger partial charge is 0.368 e. The van der Waals surface area contributed by atoms with Crippen molar-refractivity contribution in [1.29, 1.82) is 0 Å². The molecule has 1 aromatic carbocycles. The van der Waals surface area contributed by atoms with Crippen molar-refractivity contribution >= 4 is 27.9 Å². The van der Waals surface area contributed by atoms with E-state index in [2.05, 4.69) is 46.6 Å². The van der Waals surface area contributed by atoms with Crippen LogP contribution in [0.4, 0.5) is 5.95 Å². The molecular weight excluding hydrogens is 236 g/mol. The number of benzene rings is 1. The van der Waals surface area contributed by atoms with E-state index in [0.717, 1.165) is 29.7 Å². The van der Waals surface area contributed by atoms with Crippen molar-refractivity contribution in [3.63, 3.8) is 0 Å². The van der Waals surface area contributed by atoms with Crippen LogP contribution in [0, 0.1) is 6.92 Å². The fraction of sp³-hybridized carbons (Fsp3) is 0.333. The van der Waals surface area contributed by atoms with Crippen molar-refractivity contribution in [2.24, 2.45) is 0 Å². The fourth-order valence-electron chi connectivity index (χ4n) is 2.76. The summed E-state index contributed by atoms with van der Waals surface area (Å²) < 4.78 is 2.20. The van der Waals surface area contributed by atoms with Crippen LogP contribution in [-0.2, 0) is 13.0 Å². The second-order valence-corrected chi connectivity index (χ2v) is 4.82. The maximum Gasteiger partial charge on any atom is 0.222 e. The number of aromatic nitrogens is 3. The Hall–Kier alpha value is -2.10. The van der Waals surface area contributed by atoms with Crippen molar-refractivity contribution in [2.75, 3.05) is 5.73 Å². The lowest BCUT2D eigenvalue weighted by Gasteiger charge is -2.03. The third kappa shape index (κ3) is 1.67. The Labute approximate surface area is 112 Å². The van der Waals surface area contributed by atoms with Gasteiger partial charge in [-0.25, -0.2) is 4.98 Å². The van der Waals surface area contributed by atoms with Crippen molar-refractivity contribution in [1.82, 2.24) is 14.5 Å². The maximum atomic E-state index is 5.79. The summed E-state index contributed by atoms with van der Waals surface area (Å²) in [5.41, 5.74) is 10.2. The summed E-state index contributed by atoms with van der Waals surface area (Å²) >= 11 is 0. The molecular formula is C15H18N4. The Balaban J connectivity index is 2.54. The molecule has 98 valence electrons. The number of hydrogen-bond acceptors (Lipinski definition) is 3. The van der Waals surface area contributed by atoms with E-state index in [1.54, 1.807) is 0 Å². The van der Waals surface area contributed by atoms with Crippen molar-refractivity contribution in [3.05, 3.63) is 29.5 Å². The average Bonchev–Trinajstić information content (AvgIpc) is 2.70. The Morgan fingerprint density at radius 3 is 2.68 bits per heavy atom. The van der Waals surface area contributed by atoms with Crippen LogP contribution in [0.1, 0.15) is 25.1 Å². The summed E-state index contributed by atoms with van der Waals surface area (Å²) in [5.74, 6) is 0.346. The Morgan fingerprint density at radius 1 is 1.21 bits per heavy atom. The van der Waals surface area contributed by atoms with Gasteiger partial charge in [0.15, 0.2) is 0 Å². The zero-order valence-electron chi connectivity index (χ0n) is 11.6. The number of aryl methyl sites for hydroxylation is 3. The van der Waals surface area contributed by atoms with Gasteiger partial charge in [0.05, 0.1) is 11.2 Å². The summed E-state index contributed by atoms with van der Waals surface area (Å²) in [7, 11) is 0. The monoisotopic (exact) mass is 254 g/mol. The molecule has 0 aliphatic rings. The molecule has 0 aliphatic heterocycles. The minimum Gasteiger partial charge on any atom is -0.368 e. The van der Waals surface area contributed by atoms with Gasteiger partial charge in [-0.3, -0.25) is 0 Å². The van der Waals surface area contributed by atoms with Crippen LogP contribution in [0.5, 0.6) is 0 Å². The molecule has 2 aromatic heterocycles. The number of rotatable bonds is 2.